The lowest BCUT2D eigenvalue weighted by molar-refractivity contribution is -0.0280. The highest BCUT2D eigenvalue weighted by Crippen LogP contribution is 2.34. The summed E-state index contributed by atoms with van der Waals surface area (Å²) in [6, 6.07) is 4.80. The number of hydrogen-bond donors (Lipinski definition) is 1. The SMILES string of the molecule is CCOC1CC(CC(N)Cc2ccc(CC)s2)C1. The highest BCUT2D eigenvalue weighted by molar-refractivity contribution is 7.11. The first-order chi connectivity index (χ1) is 8.71. The van der Waals surface area contributed by atoms with Crippen LogP contribution in [0.3, 0.4) is 0 Å². The summed E-state index contributed by atoms with van der Waals surface area (Å²) < 4.78 is 5.59. The number of nitrogens with two attached hydrogens (primary N) is 1. The zero-order chi connectivity index (χ0) is 13.0. The Morgan fingerprint density at radius 3 is 2.67 bits per heavy atom. The molecule has 0 aliphatic heterocycles. The minimum absolute atomic E-state index is 0.320. The molecule has 3 heteroatoms. The van der Waals surface area contributed by atoms with E-state index in [0.717, 1.165) is 31.8 Å². The number of ether oxygens (including phenoxy) is 1. The van der Waals surface area contributed by atoms with Gasteiger partial charge >= 0.3 is 0 Å². The molecule has 18 heavy (non-hydrogen) atoms. The van der Waals surface area contributed by atoms with Crippen LogP contribution < -0.4 is 5.73 Å². The van der Waals surface area contributed by atoms with Gasteiger partial charge in [0.1, 0.15) is 0 Å². The average Bonchev–Trinajstić information content (AvgIpc) is 2.74. The van der Waals surface area contributed by atoms with E-state index in [1.165, 1.54) is 22.6 Å². The smallest absolute Gasteiger partial charge is 0.0580 e. The van der Waals surface area contributed by atoms with E-state index >= 15 is 0 Å². The van der Waals surface area contributed by atoms with Gasteiger partial charge in [-0.3, -0.25) is 0 Å². The van der Waals surface area contributed by atoms with Crippen molar-refractivity contribution in [2.45, 2.75) is 58.1 Å². The second-order valence-corrected chi connectivity index (χ2v) is 6.59. The summed E-state index contributed by atoms with van der Waals surface area (Å²) >= 11 is 1.92. The maximum atomic E-state index is 6.25. The molecule has 0 spiro atoms. The Balaban J connectivity index is 1.68. The van der Waals surface area contributed by atoms with Crippen molar-refractivity contribution in [1.82, 2.24) is 0 Å². The van der Waals surface area contributed by atoms with Crippen LogP contribution in [-0.4, -0.2) is 18.8 Å². The van der Waals surface area contributed by atoms with E-state index in [0.29, 0.717) is 12.1 Å². The average molecular weight is 267 g/mol. The van der Waals surface area contributed by atoms with Crippen LogP contribution in [0.1, 0.15) is 42.9 Å². The molecule has 0 aromatic carbocycles. The number of aryl methyl sites for hydroxylation is 1. The highest BCUT2D eigenvalue weighted by Gasteiger charge is 2.30. The maximum Gasteiger partial charge on any atom is 0.0580 e. The monoisotopic (exact) mass is 267 g/mol. The minimum Gasteiger partial charge on any atom is -0.378 e. The quantitative estimate of drug-likeness (QED) is 0.822. The molecule has 1 aliphatic rings. The van der Waals surface area contributed by atoms with Gasteiger partial charge in [-0.2, -0.15) is 0 Å². The van der Waals surface area contributed by atoms with Crippen molar-refractivity contribution in [3.63, 3.8) is 0 Å². The number of thiophene rings is 1. The zero-order valence-corrected chi connectivity index (χ0v) is 12.3. The second kappa shape index (κ2) is 6.69. The molecule has 1 unspecified atom stereocenters. The van der Waals surface area contributed by atoms with E-state index < -0.39 is 0 Å². The molecule has 1 atom stereocenters. The molecule has 0 saturated heterocycles. The molecule has 1 aromatic heterocycles. The molecular weight excluding hydrogens is 242 g/mol. The fourth-order valence-corrected chi connectivity index (χ4v) is 3.78. The molecular formula is C15H25NOS. The third-order valence-corrected chi connectivity index (χ3v) is 5.01. The van der Waals surface area contributed by atoms with Crippen molar-refractivity contribution in [1.29, 1.82) is 0 Å². The van der Waals surface area contributed by atoms with Crippen LogP contribution in [0, 0.1) is 5.92 Å². The van der Waals surface area contributed by atoms with Gasteiger partial charge < -0.3 is 10.5 Å². The van der Waals surface area contributed by atoms with Gasteiger partial charge in [0.2, 0.25) is 0 Å². The van der Waals surface area contributed by atoms with E-state index in [-0.39, 0.29) is 0 Å². The maximum absolute atomic E-state index is 6.25. The zero-order valence-electron chi connectivity index (χ0n) is 11.5. The summed E-state index contributed by atoms with van der Waals surface area (Å²) in [5, 5.41) is 0. The Hall–Kier alpha value is -0.380. The molecule has 2 nitrogen and oxygen atoms in total. The van der Waals surface area contributed by atoms with Crippen molar-refractivity contribution in [3.05, 3.63) is 21.9 Å². The highest BCUT2D eigenvalue weighted by atomic mass is 32.1. The Bertz CT molecular complexity index is 357. The molecule has 1 aromatic rings. The van der Waals surface area contributed by atoms with Crippen molar-refractivity contribution in [2.75, 3.05) is 6.61 Å². The minimum atomic E-state index is 0.320. The lowest BCUT2D eigenvalue weighted by Crippen LogP contribution is -2.36. The first kappa shape index (κ1) is 14.0. The molecule has 0 bridgehead atoms. The Morgan fingerprint density at radius 1 is 1.33 bits per heavy atom. The fourth-order valence-electron chi connectivity index (χ4n) is 2.73. The molecule has 1 aliphatic carbocycles. The van der Waals surface area contributed by atoms with Crippen molar-refractivity contribution in [3.8, 4) is 0 Å². The van der Waals surface area contributed by atoms with E-state index in [2.05, 4.69) is 26.0 Å². The predicted octanol–water partition coefficient (Wildman–Crippen LogP) is 3.39. The first-order valence-electron chi connectivity index (χ1n) is 7.16. The van der Waals surface area contributed by atoms with Crippen molar-refractivity contribution < 1.29 is 4.74 Å². The third-order valence-electron chi connectivity index (χ3n) is 3.76. The Morgan fingerprint density at radius 2 is 2.06 bits per heavy atom. The van der Waals surface area contributed by atoms with Crippen LogP contribution in [0.15, 0.2) is 12.1 Å². The number of rotatable bonds is 7. The molecule has 0 radical (unpaired) electrons. The van der Waals surface area contributed by atoms with Crippen molar-refractivity contribution >= 4 is 11.3 Å². The normalized spacial score (nSPS) is 24.8. The largest absolute Gasteiger partial charge is 0.378 e. The van der Waals surface area contributed by atoms with Gasteiger partial charge in [0.05, 0.1) is 6.10 Å². The molecule has 102 valence electrons. The van der Waals surface area contributed by atoms with Gasteiger partial charge in [0, 0.05) is 22.4 Å². The van der Waals surface area contributed by atoms with Crippen LogP contribution in [0.4, 0.5) is 0 Å². The molecule has 1 heterocycles. The van der Waals surface area contributed by atoms with Gasteiger partial charge in [0.15, 0.2) is 0 Å². The lowest BCUT2D eigenvalue weighted by atomic mass is 9.78. The van der Waals surface area contributed by atoms with Crippen LogP contribution in [0.5, 0.6) is 0 Å². The van der Waals surface area contributed by atoms with Crippen LogP contribution in [0.2, 0.25) is 0 Å². The van der Waals surface area contributed by atoms with Crippen LogP contribution in [0.25, 0.3) is 0 Å². The van der Waals surface area contributed by atoms with E-state index in [1.54, 1.807) is 0 Å². The molecule has 2 N–H and O–H groups in total. The van der Waals surface area contributed by atoms with E-state index in [1.807, 2.05) is 11.3 Å². The van der Waals surface area contributed by atoms with Gasteiger partial charge in [-0.15, -0.1) is 11.3 Å². The summed E-state index contributed by atoms with van der Waals surface area (Å²) in [4.78, 5) is 2.91. The number of hydrogen-bond acceptors (Lipinski definition) is 3. The lowest BCUT2D eigenvalue weighted by Gasteiger charge is -2.36. The molecule has 1 saturated carbocycles. The Kier molecular flexibility index (Phi) is 5.22. The summed E-state index contributed by atoms with van der Waals surface area (Å²) in [5.41, 5.74) is 6.25. The topological polar surface area (TPSA) is 35.2 Å². The van der Waals surface area contributed by atoms with E-state index in [9.17, 15) is 0 Å². The van der Waals surface area contributed by atoms with Crippen LogP contribution >= 0.6 is 11.3 Å². The second-order valence-electron chi connectivity index (χ2n) is 5.34. The fraction of sp³-hybridized carbons (Fsp3) is 0.733. The molecule has 0 amide bonds. The van der Waals surface area contributed by atoms with E-state index in [4.69, 9.17) is 10.5 Å². The molecule has 1 fully saturated rings. The predicted molar refractivity (Wildman–Crippen MR) is 78.1 cm³/mol. The summed E-state index contributed by atoms with van der Waals surface area (Å²) in [6.07, 6.45) is 6.28. The summed E-state index contributed by atoms with van der Waals surface area (Å²) in [7, 11) is 0. The van der Waals surface area contributed by atoms with Gasteiger partial charge in [-0.05, 0) is 57.1 Å². The van der Waals surface area contributed by atoms with Crippen molar-refractivity contribution in [2.24, 2.45) is 11.7 Å². The Labute approximate surface area is 115 Å². The van der Waals surface area contributed by atoms with Crippen LogP contribution in [-0.2, 0) is 17.6 Å². The molecule has 2 rings (SSSR count). The summed E-state index contributed by atoms with van der Waals surface area (Å²) in [5.74, 6) is 0.794. The van der Waals surface area contributed by atoms with Gasteiger partial charge in [-0.25, -0.2) is 0 Å². The standard InChI is InChI=1S/C15H25NOS/c1-3-14-5-6-15(18-14)10-12(16)7-11-8-13(9-11)17-4-2/h5-6,11-13H,3-4,7-10,16H2,1-2H3. The van der Waals surface area contributed by atoms with Gasteiger partial charge in [0.25, 0.3) is 0 Å². The summed E-state index contributed by atoms with van der Waals surface area (Å²) in [6.45, 7) is 5.12. The van der Waals surface area contributed by atoms with Gasteiger partial charge in [-0.1, -0.05) is 6.92 Å². The third kappa shape index (κ3) is 3.81. The first-order valence-corrected chi connectivity index (χ1v) is 7.97.